The average molecular weight is 254 g/mol. The van der Waals surface area contributed by atoms with E-state index >= 15 is 0 Å². The fourth-order valence-electron chi connectivity index (χ4n) is 2.48. The molecule has 2 N–H and O–H groups in total. The number of aryl methyl sites for hydroxylation is 1. The third kappa shape index (κ3) is 3.26. The van der Waals surface area contributed by atoms with Crippen LogP contribution in [-0.2, 0) is 11.3 Å². The molecule has 1 aromatic rings. The Morgan fingerprint density at radius 3 is 3.12 bits per heavy atom. The van der Waals surface area contributed by atoms with Crippen LogP contribution in [0.5, 0.6) is 0 Å². The van der Waals surface area contributed by atoms with Crippen molar-refractivity contribution in [3.63, 3.8) is 0 Å². The molecule has 2 unspecified atom stereocenters. The highest BCUT2D eigenvalue weighted by Crippen LogP contribution is 2.31. The van der Waals surface area contributed by atoms with Crippen LogP contribution in [0.3, 0.4) is 0 Å². The van der Waals surface area contributed by atoms with Gasteiger partial charge in [0.05, 0.1) is 16.6 Å². The summed E-state index contributed by atoms with van der Waals surface area (Å²) in [6, 6.07) is 0. The molecule has 17 heavy (non-hydrogen) atoms. The Hall–Kier alpha value is -0.940. The van der Waals surface area contributed by atoms with E-state index in [4.69, 9.17) is 5.11 Å². The Kier molecular flexibility index (Phi) is 4.12. The zero-order valence-electron chi connectivity index (χ0n) is 9.98. The molecule has 1 aliphatic rings. The molecule has 0 bridgehead atoms. The van der Waals surface area contributed by atoms with Gasteiger partial charge in [-0.2, -0.15) is 0 Å². The molecule has 4 nitrogen and oxygen atoms in total. The lowest BCUT2D eigenvalue weighted by Crippen LogP contribution is -2.28. The van der Waals surface area contributed by atoms with Gasteiger partial charge in [-0.25, -0.2) is 4.98 Å². The van der Waals surface area contributed by atoms with Gasteiger partial charge < -0.3 is 10.4 Å². The van der Waals surface area contributed by atoms with E-state index in [9.17, 15) is 4.79 Å². The highest BCUT2D eigenvalue weighted by Gasteiger charge is 2.32. The van der Waals surface area contributed by atoms with Crippen LogP contribution in [0.4, 0.5) is 0 Å². The van der Waals surface area contributed by atoms with Crippen LogP contribution in [0.15, 0.2) is 5.38 Å². The highest BCUT2D eigenvalue weighted by molar-refractivity contribution is 7.09. The number of carboxylic acids is 1. The quantitative estimate of drug-likeness (QED) is 0.844. The van der Waals surface area contributed by atoms with Gasteiger partial charge in [-0.15, -0.1) is 11.3 Å². The van der Waals surface area contributed by atoms with Gasteiger partial charge in [0, 0.05) is 11.9 Å². The summed E-state index contributed by atoms with van der Waals surface area (Å²) in [5.74, 6) is -0.509. The molecule has 94 valence electrons. The largest absolute Gasteiger partial charge is 0.481 e. The molecule has 2 rings (SSSR count). The summed E-state index contributed by atoms with van der Waals surface area (Å²) in [6.45, 7) is 3.52. The summed E-state index contributed by atoms with van der Waals surface area (Å²) in [6.07, 6.45) is 2.90. The zero-order chi connectivity index (χ0) is 12.3. The second-order valence-corrected chi connectivity index (χ2v) is 5.69. The Morgan fingerprint density at radius 2 is 2.47 bits per heavy atom. The number of aromatic nitrogens is 1. The maximum absolute atomic E-state index is 11.0. The maximum atomic E-state index is 11.0. The summed E-state index contributed by atoms with van der Waals surface area (Å²) in [5, 5.41) is 15.5. The van der Waals surface area contributed by atoms with Gasteiger partial charge in [0.15, 0.2) is 0 Å². The molecule has 5 heteroatoms. The van der Waals surface area contributed by atoms with Crippen LogP contribution >= 0.6 is 11.3 Å². The van der Waals surface area contributed by atoms with E-state index in [-0.39, 0.29) is 11.8 Å². The van der Waals surface area contributed by atoms with Crippen molar-refractivity contribution in [1.29, 1.82) is 0 Å². The van der Waals surface area contributed by atoms with E-state index < -0.39 is 5.97 Å². The normalized spacial score (nSPS) is 24.1. The lowest BCUT2D eigenvalue weighted by atomic mass is 9.96. The highest BCUT2D eigenvalue weighted by atomic mass is 32.1. The molecule has 1 aliphatic carbocycles. The maximum Gasteiger partial charge on any atom is 0.306 e. The summed E-state index contributed by atoms with van der Waals surface area (Å²) >= 11 is 1.65. The molecule has 0 saturated heterocycles. The van der Waals surface area contributed by atoms with Crippen molar-refractivity contribution in [2.45, 2.75) is 32.7 Å². The minimum absolute atomic E-state index is 0.153. The number of carbonyl (C=O) groups is 1. The molecule has 1 heterocycles. The van der Waals surface area contributed by atoms with Crippen molar-refractivity contribution in [3.05, 3.63) is 16.1 Å². The molecule has 0 spiro atoms. The van der Waals surface area contributed by atoms with Crippen molar-refractivity contribution in [3.8, 4) is 0 Å². The Balaban J connectivity index is 1.76. The predicted molar refractivity (Wildman–Crippen MR) is 67.0 cm³/mol. The number of rotatable bonds is 5. The lowest BCUT2D eigenvalue weighted by molar-refractivity contribution is -0.142. The Labute approximate surface area is 105 Å². The number of aliphatic carboxylic acids is 1. The lowest BCUT2D eigenvalue weighted by Gasteiger charge is -2.15. The molecule has 0 amide bonds. The first kappa shape index (κ1) is 12.5. The Morgan fingerprint density at radius 1 is 1.65 bits per heavy atom. The number of hydrogen-bond acceptors (Lipinski definition) is 4. The number of thiazole rings is 1. The zero-order valence-corrected chi connectivity index (χ0v) is 10.8. The van der Waals surface area contributed by atoms with Crippen molar-refractivity contribution < 1.29 is 9.90 Å². The molecule has 1 saturated carbocycles. The van der Waals surface area contributed by atoms with E-state index in [0.717, 1.165) is 43.1 Å². The smallest absolute Gasteiger partial charge is 0.306 e. The molecular formula is C12H18N2O2S. The van der Waals surface area contributed by atoms with Crippen LogP contribution in [-0.4, -0.2) is 22.6 Å². The van der Waals surface area contributed by atoms with Gasteiger partial charge in [-0.3, -0.25) is 4.79 Å². The third-order valence-electron chi connectivity index (χ3n) is 3.36. The van der Waals surface area contributed by atoms with Crippen LogP contribution < -0.4 is 5.32 Å². The van der Waals surface area contributed by atoms with E-state index in [2.05, 4.69) is 10.3 Å². The van der Waals surface area contributed by atoms with E-state index in [0.29, 0.717) is 0 Å². The van der Waals surface area contributed by atoms with Crippen molar-refractivity contribution in [1.82, 2.24) is 10.3 Å². The predicted octanol–water partition coefficient (Wildman–Crippen LogP) is 2.04. The first-order valence-electron chi connectivity index (χ1n) is 6.01. The fraction of sp³-hybridized carbons (Fsp3) is 0.667. The fourth-order valence-corrected chi connectivity index (χ4v) is 3.09. The van der Waals surface area contributed by atoms with Gasteiger partial charge in [-0.1, -0.05) is 6.42 Å². The molecular weight excluding hydrogens is 236 g/mol. The van der Waals surface area contributed by atoms with E-state index in [1.165, 1.54) is 0 Å². The van der Waals surface area contributed by atoms with Crippen LogP contribution in [0, 0.1) is 18.8 Å². The number of hydrogen-bond donors (Lipinski definition) is 2. The molecule has 1 aromatic heterocycles. The third-order valence-corrected chi connectivity index (χ3v) is 4.18. The van der Waals surface area contributed by atoms with Gasteiger partial charge in [0.1, 0.15) is 0 Å². The van der Waals surface area contributed by atoms with Crippen LogP contribution in [0.25, 0.3) is 0 Å². The number of nitrogens with zero attached hydrogens (tertiary/aromatic N) is 1. The minimum Gasteiger partial charge on any atom is -0.481 e. The van der Waals surface area contributed by atoms with Gasteiger partial charge >= 0.3 is 5.97 Å². The summed E-state index contributed by atoms with van der Waals surface area (Å²) < 4.78 is 0. The van der Waals surface area contributed by atoms with Gasteiger partial charge in [0.2, 0.25) is 0 Å². The molecule has 0 radical (unpaired) electrons. The molecule has 0 aliphatic heterocycles. The van der Waals surface area contributed by atoms with Crippen molar-refractivity contribution >= 4 is 17.3 Å². The second-order valence-electron chi connectivity index (χ2n) is 4.62. The topological polar surface area (TPSA) is 62.2 Å². The van der Waals surface area contributed by atoms with Crippen LogP contribution in [0.2, 0.25) is 0 Å². The number of nitrogens with one attached hydrogen (secondary N) is 1. The first-order chi connectivity index (χ1) is 8.16. The van der Waals surface area contributed by atoms with Gasteiger partial charge in [-0.05, 0) is 32.2 Å². The summed E-state index contributed by atoms with van der Waals surface area (Å²) in [5.41, 5.74) is 1.05. The van der Waals surface area contributed by atoms with Crippen molar-refractivity contribution in [2.24, 2.45) is 11.8 Å². The molecule has 2 atom stereocenters. The standard InChI is InChI=1S/C12H18N2O2S/c1-8-14-10(7-17-8)6-13-5-9-3-2-4-11(9)12(15)16/h7,9,11,13H,2-6H2,1H3,(H,15,16). The monoisotopic (exact) mass is 254 g/mol. The second kappa shape index (κ2) is 5.60. The van der Waals surface area contributed by atoms with E-state index in [1.54, 1.807) is 11.3 Å². The molecule has 1 fully saturated rings. The van der Waals surface area contributed by atoms with Crippen molar-refractivity contribution in [2.75, 3.05) is 6.54 Å². The summed E-state index contributed by atoms with van der Waals surface area (Å²) in [4.78, 5) is 15.4. The Bertz CT molecular complexity index is 392. The number of carboxylic acid groups (broad SMARTS) is 1. The molecule has 0 aromatic carbocycles. The summed E-state index contributed by atoms with van der Waals surface area (Å²) in [7, 11) is 0. The van der Waals surface area contributed by atoms with Gasteiger partial charge in [0.25, 0.3) is 0 Å². The van der Waals surface area contributed by atoms with Crippen LogP contribution in [0.1, 0.15) is 30.0 Å². The minimum atomic E-state index is -0.640. The SMILES string of the molecule is Cc1nc(CNCC2CCCC2C(=O)O)cs1. The van der Waals surface area contributed by atoms with E-state index in [1.807, 2.05) is 12.3 Å². The first-order valence-corrected chi connectivity index (χ1v) is 6.89. The average Bonchev–Trinajstić information content (AvgIpc) is 2.87.